The van der Waals surface area contributed by atoms with Crippen molar-refractivity contribution in [2.75, 3.05) is 5.73 Å². The van der Waals surface area contributed by atoms with Crippen LogP contribution in [0.2, 0.25) is 0 Å². The summed E-state index contributed by atoms with van der Waals surface area (Å²) in [6, 6.07) is 10.0. The van der Waals surface area contributed by atoms with E-state index >= 15 is 0 Å². The van der Waals surface area contributed by atoms with Gasteiger partial charge in [0.2, 0.25) is 0 Å². The van der Waals surface area contributed by atoms with Gasteiger partial charge < -0.3 is 10.8 Å². The number of nitrogens with two attached hydrogens (primary N) is 1. The molecule has 2 aromatic carbocycles. The van der Waals surface area contributed by atoms with E-state index in [-0.39, 0.29) is 0 Å². The zero-order valence-corrected chi connectivity index (χ0v) is 11.7. The van der Waals surface area contributed by atoms with Crippen LogP contribution in [0.5, 0.6) is 0 Å². The minimum absolute atomic E-state index is 0.311. The molecule has 0 amide bonds. The molecule has 1 unspecified atom stereocenters. The standard InChI is InChI=1S/C15H13BrFNO/c16-10-1-4-14(17)13(8-10)15(19)6-5-9-7-11(18)2-3-12(9)15/h1-4,7-8,19H,5-6,18H2. The summed E-state index contributed by atoms with van der Waals surface area (Å²) in [7, 11) is 0. The van der Waals surface area contributed by atoms with Crippen LogP contribution in [-0.2, 0) is 12.0 Å². The van der Waals surface area contributed by atoms with Crippen LogP contribution in [0.3, 0.4) is 0 Å². The molecule has 19 heavy (non-hydrogen) atoms. The Morgan fingerprint density at radius 2 is 1.95 bits per heavy atom. The molecule has 0 heterocycles. The Morgan fingerprint density at radius 3 is 2.74 bits per heavy atom. The summed E-state index contributed by atoms with van der Waals surface area (Å²) < 4.78 is 14.8. The first-order valence-electron chi connectivity index (χ1n) is 6.07. The number of hydrogen-bond donors (Lipinski definition) is 2. The topological polar surface area (TPSA) is 46.2 Å². The minimum Gasteiger partial charge on any atom is -0.399 e. The number of hydrogen-bond acceptors (Lipinski definition) is 2. The fourth-order valence-corrected chi connectivity index (χ4v) is 3.13. The van der Waals surface area contributed by atoms with Gasteiger partial charge in [0.15, 0.2) is 0 Å². The van der Waals surface area contributed by atoms with Gasteiger partial charge in [0.25, 0.3) is 0 Å². The zero-order valence-electron chi connectivity index (χ0n) is 10.2. The summed E-state index contributed by atoms with van der Waals surface area (Å²) in [4.78, 5) is 0. The molecule has 4 heteroatoms. The van der Waals surface area contributed by atoms with Crippen LogP contribution in [-0.4, -0.2) is 5.11 Å². The smallest absolute Gasteiger partial charge is 0.129 e. The van der Waals surface area contributed by atoms with Gasteiger partial charge in [-0.1, -0.05) is 22.0 Å². The van der Waals surface area contributed by atoms with Gasteiger partial charge in [-0.15, -0.1) is 0 Å². The number of benzene rings is 2. The highest BCUT2D eigenvalue weighted by molar-refractivity contribution is 9.10. The summed E-state index contributed by atoms with van der Waals surface area (Å²) in [5, 5.41) is 10.9. The Hall–Kier alpha value is -1.39. The van der Waals surface area contributed by atoms with Gasteiger partial charge in [-0.05, 0) is 54.3 Å². The lowest BCUT2D eigenvalue weighted by Crippen LogP contribution is -2.25. The van der Waals surface area contributed by atoms with Crippen LogP contribution in [0.15, 0.2) is 40.9 Å². The van der Waals surface area contributed by atoms with Crippen LogP contribution in [0.25, 0.3) is 0 Å². The molecule has 98 valence electrons. The molecule has 0 saturated heterocycles. The summed E-state index contributed by atoms with van der Waals surface area (Å²) in [5.41, 5.74) is 7.19. The summed E-state index contributed by atoms with van der Waals surface area (Å²) in [6.45, 7) is 0. The molecular formula is C15H13BrFNO. The second kappa shape index (κ2) is 4.32. The van der Waals surface area contributed by atoms with Crippen molar-refractivity contribution in [3.8, 4) is 0 Å². The summed E-state index contributed by atoms with van der Waals surface area (Å²) in [6.07, 6.45) is 1.17. The zero-order chi connectivity index (χ0) is 13.6. The fraction of sp³-hybridized carbons (Fsp3) is 0.200. The van der Waals surface area contributed by atoms with Crippen LogP contribution in [0, 0.1) is 5.82 Å². The van der Waals surface area contributed by atoms with E-state index in [1.807, 2.05) is 6.07 Å². The number of halogens is 2. The number of nitrogen functional groups attached to an aromatic ring is 1. The number of fused-ring (bicyclic) bond motifs is 1. The van der Waals surface area contributed by atoms with Crippen LogP contribution < -0.4 is 5.73 Å². The fourth-order valence-electron chi connectivity index (χ4n) is 2.77. The lowest BCUT2D eigenvalue weighted by molar-refractivity contribution is 0.0788. The van der Waals surface area contributed by atoms with Crippen LogP contribution in [0.1, 0.15) is 23.1 Å². The maximum Gasteiger partial charge on any atom is 0.129 e. The van der Waals surface area contributed by atoms with E-state index in [0.29, 0.717) is 24.1 Å². The summed E-state index contributed by atoms with van der Waals surface area (Å²) in [5.74, 6) is -0.393. The maximum absolute atomic E-state index is 14.0. The lowest BCUT2D eigenvalue weighted by atomic mass is 9.87. The molecule has 1 atom stereocenters. The third kappa shape index (κ3) is 1.95. The van der Waals surface area contributed by atoms with E-state index in [2.05, 4.69) is 15.9 Å². The molecule has 1 aliphatic carbocycles. The molecular weight excluding hydrogens is 309 g/mol. The van der Waals surface area contributed by atoms with Crippen LogP contribution >= 0.6 is 15.9 Å². The third-order valence-electron chi connectivity index (χ3n) is 3.70. The van der Waals surface area contributed by atoms with Crippen molar-refractivity contribution in [1.82, 2.24) is 0 Å². The predicted octanol–water partition coefficient (Wildman–Crippen LogP) is 3.35. The van der Waals surface area contributed by atoms with E-state index in [4.69, 9.17) is 5.73 Å². The van der Waals surface area contributed by atoms with E-state index in [1.165, 1.54) is 6.07 Å². The largest absolute Gasteiger partial charge is 0.399 e. The second-order valence-electron chi connectivity index (χ2n) is 4.90. The lowest BCUT2D eigenvalue weighted by Gasteiger charge is -2.25. The molecule has 3 rings (SSSR count). The second-order valence-corrected chi connectivity index (χ2v) is 5.82. The molecule has 0 saturated carbocycles. The predicted molar refractivity (Wildman–Crippen MR) is 76.3 cm³/mol. The van der Waals surface area contributed by atoms with E-state index in [0.717, 1.165) is 15.6 Å². The molecule has 0 spiro atoms. The first-order valence-corrected chi connectivity index (χ1v) is 6.87. The Bertz CT molecular complexity index is 659. The highest BCUT2D eigenvalue weighted by atomic mass is 79.9. The van der Waals surface area contributed by atoms with Crippen molar-refractivity contribution in [1.29, 1.82) is 0 Å². The quantitative estimate of drug-likeness (QED) is 0.791. The molecule has 0 aliphatic heterocycles. The average molecular weight is 322 g/mol. The molecule has 0 bridgehead atoms. The van der Waals surface area contributed by atoms with Gasteiger partial charge in [-0.2, -0.15) is 0 Å². The van der Waals surface area contributed by atoms with Gasteiger partial charge in [0, 0.05) is 15.7 Å². The molecule has 2 nitrogen and oxygen atoms in total. The van der Waals surface area contributed by atoms with Crippen molar-refractivity contribution in [3.63, 3.8) is 0 Å². The molecule has 0 aromatic heterocycles. The normalized spacial score (nSPS) is 21.4. The van der Waals surface area contributed by atoms with Gasteiger partial charge in [0.05, 0.1) is 0 Å². The highest BCUT2D eigenvalue weighted by Crippen LogP contribution is 2.44. The number of anilines is 1. The van der Waals surface area contributed by atoms with E-state index in [9.17, 15) is 9.50 Å². The van der Waals surface area contributed by atoms with Crippen LogP contribution in [0.4, 0.5) is 10.1 Å². The van der Waals surface area contributed by atoms with Gasteiger partial charge >= 0.3 is 0 Å². The van der Waals surface area contributed by atoms with Crippen molar-refractivity contribution >= 4 is 21.6 Å². The number of aliphatic hydroxyl groups is 1. The molecule has 0 radical (unpaired) electrons. The van der Waals surface area contributed by atoms with E-state index in [1.54, 1.807) is 24.3 Å². The monoisotopic (exact) mass is 321 g/mol. The van der Waals surface area contributed by atoms with Gasteiger partial charge in [0.1, 0.15) is 11.4 Å². The Balaban J connectivity index is 2.19. The van der Waals surface area contributed by atoms with Crippen molar-refractivity contribution < 1.29 is 9.50 Å². The molecule has 1 aliphatic rings. The first-order chi connectivity index (χ1) is 9.00. The Morgan fingerprint density at radius 1 is 1.16 bits per heavy atom. The van der Waals surface area contributed by atoms with Gasteiger partial charge in [-0.25, -0.2) is 4.39 Å². The number of aryl methyl sites for hydroxylation is 1. The molecule has 3 N–H and O–H groups in total. The molecule has 0 fully saturated rings. The summed E-state index contributed by atoms with van der Waals surface area (Å²) >= 11 is 3.32. The van der Waals surface area contributed by atoms with E-state index < -0.39 is 11.4 Å². The highest BCUT2D eigenvalue weighted by Gasteiger charge is 2.40. The third-order valence-corrected chi connectivity index (χ3v) is 4.20. The molecule has 2 aromatic rings. The minimum atomic E-state index is -1.27. The van der Waals surface area contributed by atoms with Crippen molar-refractivity contribution in [2.45, 2.75) is 18.4 Å². The van der Waals surface area contributed by atoms with Crippen molar-refractivity contribution in [3.05, 3.63) is 63.4 Å². The maximum atomic E-state index is 14.0. The SMILES string of the molecule is Nc1ccc2c(c1)CCC2(O)c1cc(Br)ccc1F. The van der Waals surface area contributed by atoms with Crippen molar-refractivity contribution in [2.24, 2.45) is 0 Å². The first kappa shape index (κ1) is 12.6. The average Bonchev–Trinajstić information content (AvgIpc) is 2.70. The Kier molecular flexibility index (Phi) is 2.87. The number of rotatable bonds is 1. The Labute approximate surface area is 119 Å². The van der Waals surface area contributed by atoms with Gasteiger partial charge in [-0.3, -0.25) is 0 Å².